The van der Waals surface area contributed by atoms with Crippen LogP contribution in [0.4, 0.5) is 0 Å². The third kappa shape index (κ3) is 56.1. The maximum absolute atomic E-state index is 13.1. The average Bonchev–Trinajstić information content (AvgIpc) is 2.42. The zero-order valence-electron chi connectivity index (χ0n) is 57.7. The molecule has 0 aromatic heterocycles. The van der Waals surface area contributed by atoms with Crippen molar-refractivity contribution < 1.29 is 39.8 Å². The molecule has 1 amide bonds. The van der Waals surface area contributed by atoms with Crippen LogP contribution < -0.4 is 5.32 Å². The molecule has 1 fully saturated rings. The van der Waals surface area contributed by atoms with E-state index in [0.29, 0.717) is 6.42 Å². The Labute approximate surface area is 548 Å². The second-order valence-electron chi connectivity index (χ2n) is 25.7. The Kier molecular flexibility index (Phi) is 63.8. The first kappa shape index (κ1) is 83.9. The van der Waals surface area contributed by atoms with E-state index < -0.39 is 49.5 Å². The Hall–Kier alpha value is -3.15. The van der Waals surface area contributed by atoms with Crippen LogP contribution >= 0.6 is 0 Å². The summed E-state index contributed by atoms with van der Waals surface area (Å²) < 4.78 is 11.3. The molecule has 1 saturated heterocycles. The number of hydrogen-bond donors (Lipinski definition) is 6. The van der Waals surface area contributed by atoms with E-state index in [-0.39, 0.29) is 12.5 Å². The minimum absolute atomic E-state index is 0.188. The van der Waals surface area contributed by atoms with E-state index >= 15 is 0 Å². The quantitative estimate of drug-likeness (QED) is 0.0261. The Morgan fingerprint density at radius 3 is 1.08 bits per heavy atom. The summed E-state index contributed by atoms with van der Waals surface area (Å²) in [5.41, 5.74) is 0. The molecule has 0 bridgehead atoms. The molecule has 514 valence electrons. The number of allylic oxidation sites excluding steroid dienone is 17. The number of nitrogens with one attached hydrogen (secondary N) is 1. The van der Waals surface area contributed by atoms with Crippen LogP contribution in [0.2, 0.25) is 0 Å². The monoisotopic (exact) mass is 1240 g/mol. The standard InChI is InChI=1S/C80H141NO8/c1-3-5-7-9-11-13-15-17-19-21-23-25-27-29-31-32-33-34-35-36-37-38-39-40-41-42-44-46-48-50-52-54-56-58-60-62-64-66-68-70-76(84)81-73(72-88-80-79(87)78(86)77(85)75(71-82)89-80)74(83)69-67-65-63-61-59-57-55-53-51-49-47-45-43-30-28-26-24-22-20-18-16-14-12-10-8-6-4-2/h5,7,11,13,17,19,23,25,29,31,33-34,51,53,59,61,67,69,73-75,77-80,82-83,85-87H,3-4,6,8-10,12,14-16,18,20-22,24,26-28,30,32,35-50,52,54-58,60,62-66,68,70-72H2,1-2H3,(H,81,84)/b7-5-,13-11-,19-17-,25-23-,31-29-,34-33-,53-51+,61-59+,69-67+. The fourth-order valence-electron chi connectivity index (χ4n) is 11.5. The van der Waals surface area contributed by atoms with E-state index in [4.69, 9.17) is 9.47 Å². The third-order valence-electron chi connectivity index (χ3n) is 17.3. The van der Waals surface area contributed by atoms with Gasteiger partial charge in [-0.2, -0.15) is 0 Å². The summed E-state index contributed by atoms with van der Waals surface area (Å²) in [7, 11) is 0. The largest absolute Gasteiger partial charge is 0.394 e. The van der Waals surface area contributed by atoms with Crippen molar-refractivity contribution in [3.05, 3.63) is 109 Å². The van der Waals surface area contributed by atoms with Gasteiger partial charge in [0.25, 0.3) is 0 Å². The summed E-state index contributed by atoms with van der Waals surface area (Å²) in [6, 6.07) is -0.834. The molecule has 1 aliphatic rings. The van der Waals surface area contributed by atoms with Crippen molar-refractivity contribution in [3.8, 4) is 0 Å². The summed E-state index contributed by atoms with van der Waals surface area (Å²) in [5, 5.41) is 54.8. The SMILES string of the molecule is CC/C=C\C/C=C\C/C=C\C/C=C\C/C=C\C/C=C\CCCCCCCCCCCCCCCCCCCCCCC(=O)NC(COC1OC(CO)C(O)C(O)C1O)C(O)/C=C/CC/C=C/CC/C=C/CCCCCCCCCCCCCCCCCCC. The molecule has 6 N–H and O–H groups in total. The van der Waals surface area contributed by atoms with E-state index in [0.717, 1.165) is 83.5 Å². The second kappa shape index (κ2) is 67.7. The molecule has 0 aromatic rings. The van der Waals surface area contributed by atoms with Gasteiger partial charge in [0.05, 0.1) is 25.4 Å². The van der Waals surface area contributed by atoms with E-state index in [1.54, 1.807) is 6.08 Å². The fraction of sp³-hybridized carbons (Fsp3) is 0.762. The molecule has 0 spiro atoms. The molecule has 1 rings (SSSR count). The van der Waals surface area contributed by atoms with Crippen LogP contribution in [0.5, 0.6) is 0 Å². The van der Waals surface area contributed by atoms with Crippen LogP contribution in [-0.2, 0) is 14.3 Å². The molecule has 7 unspecified atom stereocenters. The van der Waals surface area contributed by atoms with E-state index in [2.05, 4.69) is 116 Å². The highest BCUT2D eigenvalue weighted by Crippen LogP contribution is 2.23. The predicted molar refractivity (Wildman–Crippen MR) is 382 cm³/mol. The molecule has 0 aliphatic carbocycles. The molecule has 0 radical (unpaired) electrons. The molecular formula is C80H141NO8. The molecule has 89 heavy (non-hydrogen) atoms. The second-order valence-corrected chi connectivity index (χ2v) is 25.7. The number of amides is 1. The number of ether oxygens (including phenoxy) is 2. The molecule has 1 heterocycles. The topological polar surface area (TPSA) is 149 Å². The van der Waals surface area contributed by atoms with Crippen LogP contribution in [0.25, 0.3) is 0 Å². The normalized spacial score (nSPS) is 18.5. The van der Waals surface area contributed by atoms with Crippen LogP contribution in [-0.4, -0.2) is 87.5 Å². The molecule has 9 nitrogen and oxygen atoms in total. The average molecular weight is 1250 g/mol. The minimum atomic E-state index is -1.58. The molecule has 7 atom stereocenters. The van der Waals surface area contributed by atoms with Gasteiger partial charge in [-0.05, 0) is 96.3 Å². The van der Waals surface area contributed by atoms with Gasteiger partial charge in [-0.15, -0.1) is 0 Å². The van der Waals surface area contributed by atoms with Crippen molar-refractivity contribution in [1.82, 2.24) is 5.32 Å². The summed E-state index contributed by atoms with van der Waals surface area (Å²) in [5.74, 6) is -0.188. The molecule has 0 saturated carbocycles. The van der Waals surface area contributed by atoms with Crippen molar-refractivity contribution in [2.45, 2.75) is 378 Å². The van der Waals surface area contributed by atoms with Gasteiger partial charge in [0, 0.05) is 6.42 Å². The van der Waals surface area contributed by atoms with Crippen molar-refractivity contribution >= 4 is 5.91 Å². The zero-order valence-corrected chi connectivity index (χ0v) is 57.7. The summed E-state index contributed by atoms with van der Waals surface area (Å²) in [6.45, 7) is 3.68. The zero-order chi connectivity index (χ0) is 64.2. The van der Waals surface area contributed by atoms with Crippen molar-refractivity contribution in [2.75, 3.05) is 13.2 Å². The molecular weight excluding hydrogens is 1100 g/mol. The van der Waals surface area contributed by atoms with Crippen molar-refractivity contribution in [2.24, 2.45) is 0 Å². The van der Waals surface area contributed by atoms with E-state index in [1.165, 1.54) is 231 Å². The molecule has 0 aromatic carbocycles. The summed E-state index contributed by atoms with van der Waals surface area (Å²) in [6.07, 6.45) is 93.6. The molecule has 9 heteroatoms. The number of hydrogen-bond acceptors (Lipinski definition) is 8. The lowest BCUT2D eigenvalue weighted by molar-refractivity contribution is -0.302. The van der Waals surface area contributed by atoms with Crippen molar-refractivity contribution in [1.29, 1.82) is 0 Å². The van der Waals surface area contributed by atoms with Gasteiger partial charge in [-0.25, -0.2) is 0 Å². The van der Waals surface area contributed by atoms with Gasteiger partial charge in [0.15, 0.2) is 6.29 Å². The maximum Gasteiger partial charge on any atom is 0.220 e. The summed E-state index contributed by atoms with van der Waals surface area (Å²) in [4.78, 5) is 13.1. The van der Waals surface area contributed by atoms with E-state index in [9.17, 15) is 30.3 Å². The first-order valence-electron chi connectivity index (χ1n) is 37.6. The lowest BCUT2D eigenvalue weighted by Crippen LogP contribution is -2.60. The first-order valence-corrected chi connectivity index (χ1v) is 37.6. The highest BCUT2D eigenvalue weighted by atomic mass is 16.7. The first-order chi connectivity index (χ1) is 43.8. The van der Waals surface area contributed by atoms with Crippen LogP contribution in [0.3, 0.4) is 0 Å². The predicted octanol–water partition coefficient (Wildman–Crippen LogP) is 21.2. The highest BCUT2D eigenvalue weighted by Gasteiger charge is 2.44. The molecule has 1 aliphatic heterocycles. The van der Waals surface area contributed by atoms with Crippen molar-refractivity contribution in [3.63, 3.8) is 0 Å². The number of carbonyl (C=O) groups is 1. The van der Waals surface area contributed by atoms with Gasteiger partial charge < -0.3 is 40.3 Å². The maximum atomic E-state index is 13.1. The smallest absolute Gasteiger partial charge is 0.220 e. The number of aliphatic hydroxyl groups is 5. The van der Waals surface area contributed by atoms with Gasteiger partial charge >= 0.3 is 0 Å². The number of carbonyl (C=O) groups excluding carboxylic acids is 1. The lowest BCUT2D eigenvalue weighted by Gasteiger charge is -2.40. The van der Waals surface area contributed by atoms with Gasteiger partial charge in [0.1, 0.15) is 24.4 Å². The van der Waals surface area contributed by atoms with E-state index in [1.807, 2.05) is 6.08 Å². The fourth-order valence-corrected chi connectivity index (χ4v) is 11.5. The lowest BCUT2D eigenvalue weighted by atomic mass is 9.99. The Morgan fingerprint density at radius 1 is 0.393 bits per heavy atom. The number of rotatable bonds is 65. The van der Waals surface area contributed by atoms with Gasteiger partial charge in [-0.3, -0.25) is 4.79 Å². The Morgan fingerprint density at radius 2 is 0.708 bits per heavy atom. The Bertz CT molecular complexity index is 1780. The number of unbranched alkanes of at least 4 members (excludes halogenated alkanes) is 39. The van der Waals surface area contributed by atoms with Crippen LogP contribution in [0.1, 0.15) is 335 Å². The van der Waals surface area contributed by atoms with Crippen LogP contribution in [0, 0.1) is 0 Å². The highest BCUT2D eigenvalue weighted by molar-refractivity contribution is 5.76. The van der Waals surface area contributed by atoms with Gasteiger partial charge in [-0.1, -0.05) is 342 Å². The minimum Gasteiger partial charge on any atom is -0.394 e. The Balaban J connectivity index is 2.11. The van der Waals surface area contributed by atoms with Gasteiger partial charge in [0.2, 0.25) is 5.91 Å². The summed E-state index contributed by atoms with van der Waals surface area (Å²) >= 11 is 0. The third-order valence-corrected chi connectivity index (χ3v) is 17.3. The number of aliphatic hydroxyl groups excluding tert-OH is 5. The van der Waals surface area contributed by atoms with Crippen LogP contribution in [0.15, 0.2) is 109 Å².